The quantitative estimate of drug-likeness (QED) is 0.769. The van der Waals surface area contributed by atoms with E-state index < -0.39 is 5.97 Å². The Morgan fingerprint density at radius 2 is 2.19 bits per heavy atom. The van der Waals surface area contributed by atoms with Crippen molar-refractivity contribution in [1.29, 1.82) is 0 Å². The first kappa shape index (κ1) is 10.9. The maximum Gasteiger partial charge on any atom is 0.328 e. The van der Waals surface area contributed by atoms with Gasteiger partial charge in [0.25, 0.3) is 0 Å². The van der Waals surface area contributed by atoms with E-state index in [2.05, 4.69) is 9.97 Å². The van der Waals surface area contributed by atoms with Crippen molar-refractivity contribution in [3.63, 3.8) is 0 Å². The SMILES string of the molecule is Cc1[nH]c(/C=C/C(=O)O)nc1C1CCCC1. The van der Waals surface area contributed by atoms with E-state index >= 15 is 0 Å². The molecule has 0 aromatic carbocycles. The van der Waals surface area contributed by atoms with Crippen LogP contribution in [0.3, 0.4) is 0 Å². The van der Waals surface area contributed by atoms with Crippen LogP contribution in [0.2, 0.25) is 0 Å². The molecule has 4 nitrogen and oxygen atoms in total. The Morgan fingerprint density at radius 1 is 1.50 bits per heavy atom. The number of carbonyl (C=O) groups is 1. The number of rotatable bonds is 3. The van der Waals surface area contributed by atoms with Crippen LogP contribution in [0, 0.1) is 6.92 Å². The summed E-state index contributed by atoms with van der Waals surface area (Å²) in [6.45, 7) is 2.00. The normalized spacial score (nSPS) is 17.3. The van der Waals surface area contributed by atoms with Crippen molar-refractivity contribution in [3.05, 3.63) is 23.3 Å². The van der Waals surface area contributed by atoms with Gasteiger partial charge in [-0.25, -0.2) is 9.78 Å². The van der Waals surface area contributed by atoms with Crippen molar-refractivity contribution in [3.8, 4) is 0 Å². The molecule has 1 aromatic heterocycles. The predicted octanol–water partition coefficient (Wildman–Crippen LogP) is 2.47. The van der Waals surface area contributed by atoms with Crippen LogP contribution in [0.4, 0.5) is 0 Å². The summed E-state index contributed by atoms with van der Waals surface area (Å²) in [5.74, 6) is 0.251. The van der Waals surface area contributed by atoms with Crippen LogP contribution in [0.15, 0.2) is 6.08 Å². The molecule has 0 radical (unpaired) electrons. The number of aromatic amines is 1. The molecule has 0 spiro atoms. The summed E-state index contributed by atoms with van der Waals surface area (Å²) in [5, 5.41) is 8.53. The van der Waals surface area contributed by atoms with Crippen LogP contribution >= 0.6 is 0 Å². The first-order valence-electron chi connectivity index (χ1n) is 5.64. The highest BCUT2D eigenvalue weighted by molar-refractivity contribution is 5.84. The topological polar surface area (TPSA) is 66.0 Å². The minimum Gasteiger partial charge on any atom is -0.478 e. The molecule has 1 aliphatic rings. The van der Waals surface area contributed by atoms with Gasteiger partial charge in [-0.2, -0.15) is 0 Å². The molecule has 86 valence electrons. The number of aromatic nitrogens is 2. The lowest BCUT2D eigenvalue weighted by atomic mass is 10.0. The largest absolute Gasteiger partial charge is 0.478 e. The van der Waals surface area contributed by atoms with Gasteiger partial charge in [0.1, 0.15) is 5.82 Å². The summed E-state index contributed by atoms with van der Waals surface area (Å²) in [4.78, 5) is 18.0. The fourth-order valence-electron chi connectivity index (χ4n) is 2.32. The standard InChI is InChI=1S/C12H16N2O2/c1-8-12(9-4-2-3-5-9)14-10(13-8)6-7-11(15)16/h6-7,9H,2-5H2,1H3,(H,13,14)(H,15,16)/b7-6+. The van der Waals surface area contributed by atoms with E-state index in [1.165, 1.54) is 31.8 Å². The van der Waals surface area contributed by atoms with Crippen molar-refractivity contribution in [2.45, 2.75) is 38.5 Å². The van der Waals surface area contributed by atoms with Gasteiger partial charge in [0.2, 0.25) is 0 Å². The van der Waals surface area contributed by atoms with Crippen molar-refractivity contribution in [2.75, 3.05) is 0 Å². The number of hydrogen-bond donors (Lipinski definition) is 2. The number of imidazole rings is 1. The molecule has 4 heteroatoms. The Kier molecular flexibility index (Phi) is 3.08. The molecule has 1 saturated carbocycles. The highest BCUT2D eigenvalue weighted by atomic mass is 16.4. The van der Waals surface area contributed by atoms with Gasteiger partial charge in [0, 0.05) is 17.7 Å². The average molecular weight is 220 g/mol. The molecule has 1 fully saturated rings. The van der Waals surface area contributed by atoms with E-state index in [0.29, 0.717) is 11.7 Å². The molecule has 2 rings (SSSR count). The third kappa shape index (κ3) is 2.32. The fraction of sp³-hybridized carbons (Fsp3) is 0.500. The third-order valence-corrected chi connectivity index (χ3v) is 3.07. The van der Waals surface area contributed by atoms with E-state index in [9.17, 15) is 4.79 Å². The second-order valence-corrected chi connectivity index (χ2v) is 4.29. The van der Waals surface area contributed by atoms with Crippen molar-refractivity contribution in [2.24, 2.45) is 0 Å². The molecular formula is C12H16N2O2. The van der Waals surface area contributed by atoms with Crippen LogP contribution < -0.4 is 0 Å². The van der Waals surface area contributed by atoms with Gasteiger partial charge in [-0.1, -0.05) is 12.8 Å². The van der Waals surface area contributed by atoms with Crippen LogP contribution in [-0.2, 0) is 4.79 Å². The molecule has 0 atom stereocenters. The third-order valence-electron chi connectivity index (χ3n) is 3.07. The van der Waals surface area contributed by atoms with E-state index in [0.717, 1.165) is 17.5 Å². The van der Waals surface area contributed by atoms with Gasteiger partial charge in [0.15, 0.2) is 0 Å². The highest BCUT2D eigenvalue weighted by Gasteiger charge is 2.21. The summed E-state index contributed by atoms with van der Waals surface area (Å²) in [7, 11) is 0. The molecule has 0 unspecified atom stereocenters. The molecule has 0 saturated heterocycles. The maximum absolute atomic E-state index is 10.4. The van der Waals surface area contributed by atoms with Crippen molar-refractivity contribution in [1.82, 2.24) is 9.97 Å². The van der Waals surface area contributed by atoms with Gasteiger partial charge < -0.3 is 10.1 Å². The molecule has 2 N–H and O–H groups in total. The lowest BCUT2D eigenvalue weighted by Crippen LogP contribution is -1.94. The first-order valence-corrected chi connectivity index (χ1v) is 5.64. The Bertz CT molecular complexity index is 415. The summed E-state index contributed by atoms with van der Waals surface area (Å²) in [6, 6.07) is 0. The average Bonchev–Trinajstić information content (AvgIpc) is 2.83. The minimum absolute atomic E-state index is 0.559. The van der Waals surface area contributed by atoms with Gasteiger partial charge in [0.05, 0.1) is 5.69 Å². The molecule has 0 amide bonds. The summed E-state index contributed by atoms with van der Waals surface area (Å²) in [6.07, 6.45) is 7.57. The molecular weight excluding hydrogens is 204 g/mol. The lowest BCUT2D eigenvalue weighted by Gasteiger charge is -2.05. The van der Waals surface area contributed by atoms with Crippen LogP contribution in [-0.4, -0.2) is 21.0 Å². The number of aryl methyl sites for hydroxylation is 1. The van der Waals surface area contributed by atoms with Gasteiger partial charge in [-0.15, -0.1) is 0 Å². The number of H-pyrrole nitrogens is 1. The monoisotopic (exact) mass is 220 g/mol. The lowest BCUT2D eigenvalue weighted by molar-refractivity contribution is -0.131. The number of hydrogen-bond acceptors (Lipinski definition) is 2. The Hall–Kier alpha value is -1.58. The number of nitrogens with one attached hydrogen (secondary N) is 1. The number of carboxylic acids is 1. The second-order valence-electron chi connectivity index (χ2n) is 4.29. The smallest absolute Gasteiger partial charge is 0.328 e. The maximum atomic E-state index is 10.4. The van der Waals surface area contributed by atoms with Gasteiger partial charge >= 0.3 is 5.97 Å². The van der Waals surface area contributed by atoms with Crippen LogP contribution in [0.25, 0.3) is 6.08 Å². The summed E-state index contributed by atoms with van der Waals surface area (Å²) < 4.78 is 0. The Morgan fingerprint density at radius 3 is 2.81 bits per heavy atom. The van der Waals surface area contributed by atoms with E-state index in [1.54, 1.807) is 0 Å². The molecule has 1 aromatic rings. The predicted molar refractivity (Wildman–Crippen MR) is 61.2 cm³/mol. The number of nitrogens with zero attached hydrogens (tertiary/aromatic N) is 1. The van der Waals surface area contributed by atoms with Gasteiger partial charge in [-0.05, 0) is 25.8 Å². The van der Waals surface area contributed by atoms with Crippen LogP contribution in [0.1, 0.15) is 48.8 Å². The first-order chi connectivity index (χ1) is 7.66. The zero-order valence-electron chi connectivity index (χ0n) is 9.36. The van der Waals surface area contributed by atoms with Crippen molar-refractivity contribution < 1.29 is 9.90 Å². The molecule has 1 heterocycles. The zero-order valence-corrected chi connectivity index (χ0v) is 9.36. The fourth-order valence-corrected chi connectivity index (χ4v) is 2.32. The Balaban J connectivity index is 2.17. The molecule has 0 aliphatic heterocycles. The second kappa shape index (κ2) is 4.51. The van der Waals surface area contributed by atoms with Crippen LogP contribution in [0.5, 0.6) is 0 Å². The van der Waals surface area contributed by atoms with Crippen molar-refractivity contribution >= 4 is 12.0 Å². The zero-order chi connectivity index (χ0) is 11.5. The summed E-state index contributed by atoms with van der Waals surface area (Å²) >= 11 is 0. The van der Waals surface area contributed by atoms with Gasteiger partial charge in [-0.3, -0.25) is 0 Å². The highest BCUT2D eigenvalue weighted by Crippen LogP contribution is 2.34. The van der Waals surface area contributed by atoms with E-state index in [-0.39, 0.29) is 0 Å². The van der Waals surface area contributed by atoms with E-state index in [1.807, 2.05) is 6.92 Å². The summed E-state index contributed by atoms with van der Waals surface area (Å²) in [5.41, 5.74) is 2.18. The number of carboxylic acid groups (broad SMARTS) is 1. The molecule has 0 bridgehead atoms. The molecule has 1 aliphatic carbocycles. The molecule has 16 heavy (non-hydrogen) atoms. The van der Waals surface area contributed by atoms with E-state index in [4.69, 9.17) is 5.11 Å². The Labute approximate surface area is 94.4 Å². The number of aliphatic carboxylic acids is 1. The minimum atomic E-state index is -0.948.